The van der Waals surface area contributed by atoms with Gasteiger partial charge in [-0.1, -0.05) is 90.5 Å². The number of aliphatic hydroxyl groups excluding tert-OH is 1. The lowest BCUT2D eigenvalue weighted by Crippen LogP contribution is -2.50. The molecule has 0 spiro atoms. The van der Waals surface area contributed by atoms with Crippen molar-refractivity contribution in [1.82, 2.24) is 0 Å². The van der Waals surface area contributed by atoms with Crippen molar-refractivity contribution in [3.63, 3.8) is 0 Å². The SMILES string of the molecule is CCOc1ccc(Cc2cc(C3CC(OCc4ccccc4)[C@H](OCc4ccccc4)C(CO)O3)ccc2Cl)c(F)c1F. The summed E-state index contributed by atoms with van der Waals surface area (Å²) in [5.41, 5.74) is 3.60. The number of rotatable bonds is 12. The molecule has 3 unspecified atom stereocenters. The predicted molar refractivity (Wildman–Crippen MR) is 161 cm³/mol. The molecule has 8 heteroatoms. The van der Waals surface area contributed by atoms with Crippen LogP contribution in [0, 0.1) is 11.6 Å². The van der Waals surface area contributed by atoms with Crippen LogP contribution >= 0.6 is 11.6 Å². The van der Waals surface area contributed by atoms with Crippen LogP contribution in [-0.4, -0.2) is 36.6 Å². The average Bonchev–Trinajstić information content (AvgIpc) is 3.04. The van der Waals surface area contributed by atoms with Gasteiger partial charge in [0.2, 0.25) is 5.82 Å². The Morgan fingerprint density at radius 2 is 1.51 bits per heavy atom. The van der Waals surface area contributed by atoms with Crippen LogP contribution in [0.5, 0.6) is 5.75 Å². The summed E-state index contributed by atoms with van der Waals surface area (Å²) in [5.74, 6) is -2.11. The average molecular weight is 609 g/mol. The van der Waals surface area contributed by atoms with Crippen LogP contribution in [0.3, 0.4) is 0 Å². The molecule has 0 bridgehead atoms. The second-order valence-corrected chi connectivity index (χ2v) is 10.9. The normalized spacial score (nSPS) is 20.2. The van der Waals surface area contributed by atoms with Gasteiger partial charge in [0.15, 0.2) is 11.6 Å². The van der Waals surface area contributed by atoms with Crippen LogP contribution in [0.1, 0.15) is 47.3 Å². The lowest BCUT2D eigenvalue weighted by Gasteiger charge is -2.41. The summed E-state index contributed by atoms with van der Waals surface area (Å²) < 4.78 is 53.7. The monoisotopic (exact) mass is 608 g/mol. The third-order valence-corrected chi connectivity index (χ3v) is 7.91. The molecular formula is C35H35ClF2O5. The largest absolute Gasteiger partial charge is 0.491 e. The highest BCUT2D eigenvalue weighted by Crippen LogP contribution is 2.37. The van der Waals surface area contributed by atoms with Gasteiger partial charge in [-0.3, -0.25) is 0 Å². The van der Waals surface area contributed by atoms with Crippen molar-refractivity contribution >= 4 is 11.6 Å². The van der Waals surface area contributed by atoms with Gasteiger partial charge in [-0.2, -0.15) is 4.39 Å². The summed E-state index contributed by atoms with van der Waals surface area (Å²) in [4.78, 5) is 0. The van der Waals surface area contributed by atoms with E-state index in [0.29, 0.717) is 30.2 Å². The minimum absolute atomic E-state index is 0.0781. The zero-order valence-corrected chi connectivity index (χ0v) is 24.7. The zero-order chi connectivity index (χ0) is 30.2. The van der Waals surface area contributed by atoms with E-state index >= 15 is 0 Å². The molecule has 1 N–H and O–H groups in total. The van der Waals surface area contributed by atoms with Crippen LogP contribution in [0.25, 0.3) is 0 Å². The lowest BCUT2D eigenvalue weighted by atomic mass is 9.92. The van der Waals surface area contributed by atoms with Crippen molar-refractivity contribution in [3.8, 4) is 5.75 Å². The van der Waals surface area contributed by atoms with Gasteiger partial charge < -0.3 is 24.1 Å². The minimum atomic E-state index is -1.02. The second kappa shape index (κ2) is 14.9. The maximum atomic E-state index is 14.9. The Kier molecular flexibility index (Phi) is 10.8. The Morgan fingerprint density at radius 3 is 2.16 bits per heavy atom. The Morgan fingerprint density at radius 1 is 0.837 bits per heavy atom. The van der Waals surface area contributed by atoms with Crippen molar-refractivity contribution in [3.05, 3.63) is 135 Å². The van der Waals surface area contributed by atoms with E-state index in [4.69, 9.17) is 30.5 Å². The predicted octanol–water partition coefficient (Wildman–Crippen LogP) is 7.60. The third kappa shape index (κ3) is 7.80. The van der Waals surface area contributed by atoms with E-state index in [-0.39, 0.29) is 30.9 Å². The molecule has 5 rings (SSSR count). The van der Waals surface area contributed by atoms with E-state index in [2.05, 4.69) is 0 Å². The highest BCUT2D eigenvalue weighted by molar-refractivity contribution is 6.31. The number of ether oxygens (including phenoxy) is 4. The standard InChI is InChI=1S/C35H35ClF2O5/c1-2-40-29-16-14-26(33(37)34(29)38)18-27-17-25(13-15-28(27)36)30-19-31(41-21-23-9-5-3-6-10-23)35(32(20-39)43-30)42-22-24-11-7-4-8-12-24/h3-17,30-32,35,39H,2,18-22H2,1H3/t30?,31?,32?,35-/m0/s1. The Labute approximate surface area is 255 Å². The van der Waals surface area contributed by atoms with Crippen LogP contribution in [0.15, 0.2) is 91.0 Å². The summed E-state index contributed by atoms with van der Waals surface area (Å²) in [6, 6.07) is 28.0. The molecule has 226 valence electrons. The van der Waals surface area contributed by atoms with Crippen molar-refractivity contribution in [2.24, 2.45) is 0 Å². The molecule has 0 aromatic heterocycles. The first kappa shape index (κ1) is 31.1. The first-order valence-corrected chi connectivity index (χ1v) is 14.8. The lowest BCUT2D eigenvalue weighted by molar-refractivity contribution is -0.217. The first-order valence-electron chi connectivity index (χ1n) is 14.4. The molecule has 1 aliphatic heterocycles. The van der Waals surface area contributed by atoms with E-state index in [1.54, 1.807) is 13.0 Å². The molecule has 5 nitrogen and oxygen atoms in total. The van der Waals surface area contributed by atoms with Crippen molar-refractivity contribution < 1.29 is 32.8 Å². The van der Waals surface area contributed by atoms with Crippen molar-refractivity contribution in [2.45, 2.75) is 57.4 Å². The summed E-state index contributed by atoms with van der Waals surface area (Å²) in [6.45, 7) is 2.39. The molecule has 0 amide bonds. The fourth-order valence-corrected chi connectivity index (χ4v) is 5.51. The van der Waals surface area contributed by atoms with Gasteiger partial charge in [-0.05, 0) is 46.9 Å². The van der Waals surface area contributed by atoms with Crippen LogP contribution < -0.4 is 4.74 Å². The van der Waals surface area contributed by atoms with E-state index in [9.17, 15) is 13.9 Å². The molecule has 0 saturated carbocycles. The van der Waals surface area contributed by atoms with Crippen LogP contribution in [-0.2, 0) is 33.8 Å². The molecule has 1 saturated heterocycles. The Hall–Kier alpha value is -3.33. The van der Waals surface area contributed by atoms with Crippen molar-refractivity contribution in [2.75, 3.05) is 13.2 Å². The maximum absolute atomic E-state index is 14.9. The Bertz CT molecular complexity index is 1470. The molecule has 1 aliphatic rings. The molecule has 0 aliphatic carbocycles. The maximum Gasteiger partial charge on any atom is 0.200 e. The van der Waals surface area contributed by atoms with Crippen LogP contribution in [0.2, 0.25) is 5.02 Å². The summed E-state index contributed by atoms with van der Waals surface area (Å²) in [5, 5.41) is 10.8. The molecule has 1 fully saturated rings. The van der Waals surface area contributed by atoms with E-state index in [1.807, 2.05) is 72.8 Å². The molecular weight excluding hydrogens is 574 g/mol. The number of halogens is 3. The highest BCUT2D eigenvalue weighted by atomic mass is 35.5. The van der Waals surface area contributed by atoms with Gasteiger partial charge in [-0.25, -0.2) is 4.39 Å². The fourth-order valence-electron chi connectivity index (χ4n) is 5.32. The second-order valence-electron chi connectivity index (χ2n) is 10.5. The van der Waals surface area contributed by atoms with Gasteiger partial charge in [0.25, 0.3) is 0 Å². The molecule has 4 atom stereocenters. The molecule has 0 radical (unpaired) electrons. The summed E-state index contributed by atoms with van der Waals surface area (Å²) in [7, 11) is 0. The number of hydrogen-bond acceptors (Lipinski definition) is 5. The van der Waals surface area contributed by atoms with Gasteiger partial charge in [-0.15, -0.1) is 0 Å². The van der Waals surface area contributed by atoms with Gasteiger partial charge >= 0.3 is 0 Å². The molecule has 43 heavy (non-hydrogen) atoms. The van der Waals surface area contributed by atoms with Crippen molar-refractivity contribution in [1.29, 1.82) is 0 Å². The third-order valence-electron chi connectivity index (χ3n) is 7.54. The van der Waals surface area contributed by atoms with E-state index in [0.717, 1.165) is 16.7 Å². The molecule has 4 aromatic carbocycles. The Balaban J connectivity index is 1.38. The minimum Gasteiger partial charge on any atom is -0.491 e. The topological polar surface area (TPSA) is 57.2 Å². The number of aliphatic hydroxyl groups is 1. The van der Waals surface area contributed by atoms with Crippen LogP contribution in [0.4, 0.5) is 8.78 Å². The number of hydrogen-bond donors (Lipinski definition) is 1. The van der Waals surface area contributed by atoms with Gasteiger partial charge in [0.1, 0.15) is 12.2 Å². The smallest absolute Gasteiger partial charge is 0.200 e. The van der Waals surface area contributed by atoms with E-state index < -0.39 is 36.1 Å². The first-order chi connectivity index (χ1) is 21.0. The van der Waals surface area contributed by atoms with Gasteiger partial charge in [0.05, 0.1) is 38.6 Å². The highest BCUT2D eigenvalue weighted by Gasteiger charge is 2.41. The number of benzene rings is 4. The van der Waals surface area contributed by atoms with E-state index in [1.165, 1.54) is 12.1 Å². The zero-order valence-electron chi connectivity index (χ0n) is 23.9. The fraction of sp³-hybridized carbons (Fsp3) is 0.314. The molecule has 1 heterocycles. The quantitative estimate of drug-likeness (QED) is 0.179. The summed E-state index contributed by atoms with van der Waals surface area (Å²) in [6.07, 6.45) is -1.48. The summed E-state index contributed by atoms with van der Waals surface area (Å²) >= 11 is 6.52. The molecule has 4 aromatic rings. The van der Waals surface area contributed by atoms with Gasteiger partial charge in [0, 0.05) is 17.9 Å².